The van der Waals surface area contributed by atoms with Gasteiger partial charge in [0.25, 0.3) is 11.1 Å². The van der Waals surface area contributed by atoms with Crippen LogP contribution in [0.4, 0.5) is 9.18 Å². The number of thioether (sulfide) groups is 1. The Morgan fingerprint density at radius 1 is 1.19 bits per heavy atom. The number of benzene rings is 2. The zero-order valence-electron chi connectivity index (χ0n) is 14.2. The molecule has 0 aromatic heterocycles. The van der Waals surface area contributed by atoms with Crippen LogP contribution in [-0.2, 0) is 11.4 Å². The number of carbonyl (C=O) groups excluding carboxylic acids is 2. The highest BCUT2D eigenvalue weighted by atomic mass is 79.9. The number of hydrogen-bond donors (Lipinski definition) is 0. The molecule has 1 aliphatic heterocycles. The molecule has 1 saturated heterocycles. The summed E-state index contributed by atoms with van der Waals surface area (Å²) in [4.78, 5) is 25.6. The molecule has 0 N–H and O–H groups in total. The fraction of sp³-hybridized carbons (Fsp3) is 0.100. The van der Waals surface area contributed by atoms with Gasteiger partial charge in [0, 0.05) is 6.54 Å². The van der Waals surface area contributed by atoms with Crippen molar-refractivity contribution in [2.24, 2.45) is 0 Å². The molecule has 0 atom stereocenters. The molecule has 1 heterocycles. The summed E-state index contributed by atoms with van der Waals surface area (Å²) in [5, 5.41) is -0.301. The molecule has 0 radical (unpaired) electrons. The second-order valence-electron chi connectivity index (χ2n) is 5.69. The van der Waals surface area contributed by atoms with Crippen molar-refractivity contribution < 1.29 is 18.7 Å². The predicted molar refractivity (Wildman–Crippen MR) is 108 cm³/mol. The lowest BCUT2D eigenvalue weighted by molar-refractivity contribution is -0.122. The maximum absolute atomic E-state index is 12.9. The summed E-state index contributed by atoms with van der Waals surface area (Å²) < 4.78 is 19.4. The first kappa shape index (κ1) is 19.4. The minimum absolute atomic E-state index is 0.196. The van der Waals surface area contributed by atoms with Gasteiger partial charge in [-0.25, -0.2) is 4.39 Å². The van der Waals surface area contributed by atoms with E-state index in [1.54, 1.807) is 30.3 Å². The van der Waals surface area contributed by atoms with Gasteiger partial charge in [-0.1, -0.05) is 24.3 Å². The summed E-state index contributed by atoms with van der Waals surface area (Å²) in [6.07, 6.45) is 3.19. The SMILES string of the molecule is C=CCN1C(=O)S/C(=C/c2ccc(OCc3ccc(F)cc3)c(Br)c2)C1=O. The van der Waals surface area contributed by atoms with Gasteiger partial charge in [0.1, 0.15) is 18.2 Å². The van der Waals surface area contributed by atoms with Crippen molar-refractivity contribution in [3.05, 3.63) is 81.4 Å². The van der Waals surface area contributed by atoms with Gasteiger partial charge < -0.3 is 4.74 Å². The van der Waals surface area contributed by atoms with E-state index in [1.807, 2.05) is 6.07 Å². The van der Waals surface area contributed by atoms with Gasteiger partial charge in [0.2, 0.25) is 0 Å². The Morgan fingerprint density at radius 2 is 1.93 bits per heavy atom. The van der Waals surface area contributed by atoms with E-state index in [4.69, 9.17) is 4.74 Å². The minimum Gasteiger partial charge on any atom is -0.488 e. The van der Waals surface area contributed by atoms with Crippen LogP contribution >= 0.6 is 27.7 Å². The molecule has 27 heavy (non-hydrogen) atoms. The van der Waals surface area contributed by atoms with Crippen molar-refractivity contribution in [3.63, 3.8) is 0 Å². The van der Waals surface area contributed by atoms with E-state index in [1.165, 1.54) is 18.2 Å². The van der Waals surface area contributed by atoms with Crippen molar-refractivity contribution in [2.45, 2.75) is 6.61 Å². The number of ether oxygens (including phenoxy) is 1. The number of nitrogens with zero attached hydrogens (tertiary/aromatic N) is 1. The van der Waals surface area contributed by atoms with Gasteiger partial charge >= 0.3 is 0 Å². The van der Waals surface area contributed by atoms with Gasteiger partial charge in [-0.2, -0.15) is 0 Å². The number of halogens is 2. The molecule has 2 amide bonds. The summed E-state index contributed by atoms with van der Waals surface area (Å²) in [6.45, 7) is 4.05. The number of imide groups is 1. The monoisotopic (exact) mass is 447 g/mol. The normalized spacial score (nSPS) is 15.5. The molecule has 2 aromatic carbocycles. The quantitative estimate of drug-likeness (QED) is 0.439. The first-order chi connectivity index (χ1) is 13.0. The van der Waals surface area contributed by atoms with Gasteiger partial charge in [-0.15, -0.1) is 6.58 Å². The van der Waals surface area contributed by atoms with Gasteiger partial charge in [-0.05, 0) is 69.2 Å². The van der Waals surface area contributed by atoms with Crippen LogP contribution in [-0.4, -0.2) is 22.6 Å². The van der Waals surface area contributed by atoms with Crippen molar-refractivity contribution in [1.29, 1.82) is 0 Å². The zero-order chi connectivity index (χ0) is 19.4. The Hall–Kier alpha value is -2.38. The lowest BCUT2D eigenvalue weighted by Crippen LogP contribution is -2.27. The van der Waals surface area contributed by atoms with E-state index in [2.05, 4.69) is 22.5 Å². The second kappa shape index (κ2) is 8.54. The summed E-state index contributed by atoms with van der Waals surface area (Å²) in [6, 6.07) is 11.5. The van der Waals surface area contributed by atoms with E-state index in [-0.39, 0.29) is 23.5 Å². The standard InChI is InChI=1S/C20H15BrFNO3S/c1-2-9-23-19(24)18(27-20(23)25)11-14-5-8-17(16(21)10-14)26-12-13-3-6-15(22)7-4-13/h2-8,10-11H,1,9,12H2/b18-11+. The van der Waals surface area contributed by atoms with Crippen LogP contribution in [0.3, 0.4) is 0 Å². The third-order valence-corrected chi connectivity index (χ3v) is 5.27. The van der Waals surface area contributed by atoms with Crippen LogP contribution in [0.25, 0.3) is 6.08 Å². The average molecular weight is 448 g/mol. The fourth-order valence-corrected chi connectivity index (χ4v) is 3.76. The smallest absolute Gasteiger partial charge is 0.293 e. The molecule has 1 aliphatic rings. The topological polar surface area (TPSA) is 46.6 Å². The molecule has 4 nitrogen and oxygen atoms in total. The Bertz CT molecular complexity index is 927. The summed E-state index contributed by atoms with van der Waals surface area (Å²) in [5.41, 5.74) is 1.61. The number of amides is 2. The molecule has 2 aromatic rings. The maximum atomic E-state index is 12.9. The number of carbonyl (C=O) groups is 2. The maximum Gasteiger partial charge on any atom is 0.293 e. The number of rotatable bonds is 6. The second-order valence-corrected chi connectivity index (χ2v) is 7.53. The largest absolute Gasteiger partial charge is 0.488 e. The van der Waals surface area contributed by atoms with E-state index < -0.39 is 0 Å². The molecule has 0 unspecified atom stereocenters. The Kier molecular flexibility index (Phi) is 6.13. The number of hydrogen-bond acceptors (Lipinski definition) is 4. The Labute approximate surface area is 168 Å². The van der Waals surface area contributed by atoms with Gasteiger partial charge in [0.05, 0.1) is 9.38 Å². The highest BCUT2D eigenvalue weighted by Crippen LogP contribution is 2.34. The van der Waals surface area contributed by atoms with E-state index in [9.17, 15) is 14.0 Å². The molecule has 0 bridgehead atoms. The Balaban J connectivity index is 1.71. The highest BCUT2D eigenvalue weighted by molar-refractivity contribution is 9.10. The van der Waals surface area contributed by atoms with E-state index >= 15 is 0 Å². The summed E-state index contributed by atoms with van der Waals surface area (Å²) >= 11 is 4.36. The van der Waals surface area contributed by atoms with Crippen LogP contribution in [0.15, 0.2) is 64.5 Å². The molecule has 0 saturated carbocycles. The van der Waals surface area contributed by atoms with Crippen molar-refractivity contribution in [1.82, 2.24) is 4.90 Å². The first-order valence-corrected chi connectivity index (χ1v) is 9.62. The predicted octanol–water partition coefficient (Wildman–Crippen LogP) is 5.39. The van der Waals surface area contributed by atoms with Gasteiger partial charge in [0.15, 0.2) is 0 Å². The molecule has 7 heteroatoms. The highest BCUT2D eigenvalue weighted by Gasteiger charge is 2.34. The minimum atomic E-state index is -0.322. The summed E-state index contributed by atoms with van der Waals surface area (Å²) in [5.74, 6) is 0.00989. The Morgan fingerprint density at radius 3 is 2.59 bits per heavy atom. The average Bonchev–Trinajstić information content (AvgIpc) is 2.90. The van der Waals surface area contributed by atoms with Crippen LogP contribution < -0.4 is 4.74 Å². The van der Waals surface area contributed by atoms with Crippen LogP contribution in [0.1, 0.15) is 11.1 Å². The molecule has 3 rings (SSSR count). The van der Waals surface area contributed by atoms with Crippen LogP contribution in [0.2, 0.25) is 0 Å². The third kappa shape index (κ3) is 4.67. The molecule has 0 aliphatic carbocycles. The lowest BCUT2D eigenvalue weighted by Gasteiger charge is -2.09. The fourth-order valence-electron chi connectivity index (χ4n) is 2.40. The molecule has 0 spiro atoms. The van der Waals surface area contributed by atoms with Crippen molar-refractivity contribution >= 4 is 44.9 Å². The first-order valence-electron chi connectivity index (χ1n) is 8.01. The van der Waals surface area contributed by atoms with Crippen LogP contribution in [0, 0.1) is 5.82 Å². The van der Waals surface area contributed by atoms with Crippen LogP contribution in [0.5, 0.6) is 5.75 Å². The van der Waals surface area contributed by atoms with E-state index in [0.717, 1.165) is 27.8 Å². The van der Waals surface area contributed by atoms with Crippen molar-refractivity contribution in [2.75, 3.05) is 6.54 Å². The van der Waals surface area contributed by atoms with Crippen molar-refractivity contribution in [3.8, 4) is 5.75 Å². The molecule has 138 valence electrons. The molecule has 1 fully saturated rings. The zero-order valence-corrected chi connectivity index (χ0v) is 16.6. The van der Waals surface area contributed by atoms with E-state index in [0.29, 0.717) is 21.7 Å². The summed E-state index contributed by atoms with van der Waals surface area (Å²) in [7, 11) is 0. The van der Waals surface area contributed by atoms with Gasteiger partial charge in [-0.3, -0.25) is 14.5 Å². The lowest BCUT2D eigenvalue weighted by atomic mass is 10.2. The molecular formula is C20H15BrFNO3S. The molecular weight excluding hydrogens is 433 g/mol. The third-order valence-electron chi connectivity index (χ3n) is 3.75.